The molecule has 1 aromatic rings. The zero-order valence-electron chi connectivity index (χ0n) is 18.8. The maximum atomic E-state index is 11.8. The van der Waals surface area contributed by atoms with Gasteiger partial charge in [0.15, 0.2) is 5.96 Å². The minimum Gasteiger partial charge on any atom is -0.357 e. The summed E-state index contributed by atoms with van der Waals surface area (Å²) in [6, 6.07) is 8.11. The summed E-state index contributed by atoms with van der Waals surface area (Å²) in [6.07, 6.45) is 3.11. The van der Waals surface area contributed by atoms with E-state index in [2.05, 4.69) is 48.5 Å². The van der Waals surface area contributed by atoms with E-state index >= 15 is 0 Å². The van der Waals surface area contributed by atoms with Gasteiger partial charge in [0.2, 0.25) is 0 Å². The molecule has 0 aliphatic heterocycles. The Labute approximate surface area is 194 Å². The normalized spacial score (nSPS) is 12.3. The van der Waals surface area contributed by atoms with Crippen molar-refractivity contribution in [2.45, 2.75) is 53.0 Å². The van der Waals surface area contributed by atoms with Gasteiger partial charge >= 0.3 is 0 Å². The van der Waals surface area contributed by atoms with E-state index in [-0.39, 0.29) is 29.9 Å². The number of nitrogens with zero attached hydrogens (tertiary/aromatic N) is 2. The molecule has 1 amide bonds. The topological polar surface area (TPSA) is 68.8 Å². The Morgan fingerprint density at radius 1 is 1.21 bits per heavy atom. The number of amides is 1. The zero-order valence-corrected chi connectivity index (χ0v) is 21.1. The van der Waals surface area contributed by atoms with Crippen LogP contribution < -0.4 is 16.0 Å². The third-order valence-corrected chi connectivity index (χ3v) is 4.82. The number of aliphatic imine (C=N–C) groups is 1. The number of guanidine groups is 1. The van der Waals surface area contributed by atoms with Crippen molar-refractivity contribution in [3.8, 4) is 0 Å². The van der Waals surface area contributed by atoms with Crippen LogP contribution in [-0.2, 0) is 6.42 Å². The lowest BCUT2D eigenvalue weighted by Gasteiger charge is -2.21. The van der Waals surface area contributed by atoms with Crippen molar-refractivity contribution in [3.05, 3.63) is 35.4 Å². The first-order valence-corrected chi connectivity index (χ1v) is 10.6. The van der Waals surface area contributed by atoms with Crippen LogP contribution in [0.5, 0.6) is 0 Å². The van der Waals surface area contributed by atoms with Crippen LogP contribution in [0.2, 0.25) is 0 Å². The molecule has 0 aromatic heterocycles. The second-order valence-electron chi connectivity index (χ2n) is 7.00. The Balaban J connectivity index is 0.00000784. The average molecular weight is 518 g/mol. The lowest BCUT2D eigenvalue weighted by Crippen LogP contribution is -2.42. The van der Waals surface area contributed by atoms with Crippen LogP contribution in [0, 0.1) is 0 Å². The highest BCUT2D eigenvalue weighted by Gasteiger charge is 2.07. The Morgan fingerprint density at radius 3 is 2.55 bits per heavy atom. The highest BCUT2D eigenvalue weighted by atomic mass is 127. The maximum absolute atomic E-state index is 11.8. The summed E-state index contributed by atoms with van der Waals surface area (Å²) in [7, 11) is 1.65. The number of rotatable bonds is 12. The SMILES string of the molecule is CCNC(=NCCc1cccc(C(=O)NC)c1)NC(C)CCCN(CC)CC.I. The number of hydrogen-bond donors (Lipinski definition) is 3. The standard InChI is InChI=1S/C22H39N5O.HI/c1-6-24-22(26-18(4)11-10-16-27(7-2)8-3)25-15-14-19-12-9-13-20(17-19)21(28)23-5;/h9,12-13,17-18H,6-8,10-11,14-16H2,1-5H3,(H,23,28)(H2,24,25,26);1H. The summed E-state index contributed by atoms with van der Waals surface area (Å²) < 4.78 is 0. The smallest absolute Gasteiger partial charge is 0.251 e. The third-order valence-electron chi connectivity index (χ3n) is 4.82. The molecular formula is C22H40IN5O. The average Bonchev–Trinajstić information content (AvgIpc) is 2.71. The highest BCUT2D eigenvalue weighted by molar-refractivity contribution is 14.0. The number of benzene rings is 1. The van der Waals surface area contributed by atoms with Crippen molar-refractivity contribution in [2.75, 3.05) is 39.8 Å². The van der Waals surface area contributed by atoms with Gasteiger partial charge in [-0.1, -0.05) is 26.0 Å². The van der Waals surface area contributed by atoms with E-state index in [4.69, 9.17) is 4.99 Å². The summed E-state index contributed by atoms with van der Waals surface area (Å²) in [6.45, 7) is 13.6. The predicted octanol–water partition coefficient (Wildman–Crippen LogP) is 3.27. The first-order valence-electron chi connectivity index (χ1n) is 10.6. The van der Waals surface area contributed by atoms with Crippen molar-refractivity contribution in [2.24, 2.45) is 4.99 Å². The molecule has 0 heterocycles. The van der Waals surface area contributed by atoms with Gasteiger partial charge in [0.05, 0.1) is 0 Å². The van der Waals surface area contributed by atoms with E-state index in [1.165, 1.54) is 6.42 Å². The molecule has 1 rings (SSSR count). The van der Waals surface area contributed by atoms with Crippen molar-refractivity contribution >= 4 is 35.8 Å². The molecule has 0 aliphatic rings. The number of halogens is 1. The van der Waals surface area contributed by atoms with Gasteiger partial charge in [-0.3, -0.25) is 9.79 Å². The van der Waals surface area contributed by atoms with Crippen LogP contribution in [0.3, 0.4) is 0 Å². The summed E-state index contributed by atoms with van der Waals surface area (Å²) in [5.74, 6) is 0.805. The van der Waals surface area contributed by atoms with Crippen LogP contribution in [0.15, 0.2) is 29.3 Å². The van der Waals surface area contributed by atoms with Crippen LogP contribution in [0.1, 0.15) is 56.5 Å². The molecule has 0 fully saturated rings. The van der Waals surface area contributed by atoms with Gasteiger partial charge in [0.25, 0.3) is 5.91 Å². The molecule has 29 heavy (non-hydrogen) atoms. The van der Waals surface area contributed by atoms with Gasteiger partial charge < -0.3 is 20.9 Å². The van der Waals surface area contributed by atoms with E-state index in [0.717, 1.165) is 50.5 Å². The molecule has 0 saturated heterocycles. The molecule has 7 heteroatoms. The molecule has 0 radical (unpaired) electrons. The van der Waals surface area contributed by atoms with Crippen molar-refractivity contribution in [1.82, 2.24) is 20.9 Å². The van der Waals surface area contributed by atoms with Crippen LogP contribution >= 0.6 is 24.0 Å². The van der Waals surface area contributed by atoms with Crippen LogP contribution in [0.25, 0.3) is 0 Å². The van der Waals surface area contributed by atoms with Crippen LogP contribution in [-0.4, -0.2) is 62.6 Å². The quantitative estimate of drug-likeness (QED) is 0.226. The fraction of sp³-hybridized carbons (Fsp3) is 0.636. The molecule has 1 unspecified atom stereocenters. The Bertz CT molecular complexity index is 605. The maximum Gasteiger partial charge on any atom is 0.251 e. The molecule has 0 bridgehead atoms. The number of nitrogens with one attached hydrogen (secondary N) is 3. The molecular weight excluding hydrogens is 477 g/mol. The van der Waals surface area contributed by atoms with Gasteiger partial charge in [-0.15, -0.1) is 24.0 Å². The first kappa shape index (κ1) is 27.6. The summed E-state index contributed by atoms with van der Waals surface area (Å²) in [5, 5.41) is 9.50. The highest BCUT2D eigenvalue weighted by Crippen LogP contribution is 2.06. The van der Waals surface area contributed by atoms with E-state index in [0.29, 0.717) is 18.2 Å². The first-order chi connectivity index (χ1) is 13.5. The molecule has 0 aliphatic carbocycles. The van der Waals surface area contributed by atoms with Gasteiger partial charge in [-0.05, 0) is 70.4 Å². The lowest BCUT2D eigenvalue weighted by molar-refractivity contribution is 0.0963. The van der Waals surface area contributed by atoms with Gasteiger partial charge in [0.1, 0.15) is 0 Å². The molecule has 1 aromatic carbocycles. The molecule has 6 nitrogen and oxygen atoms in total. The number of carbonyl (C=O) groups excluding carboxylic acids is 1. The molecule has 0 spiro atoms. The fourth-order valence-electron chi connectivity index (χ4n) is 3.10. The second-order valence-corrected chi connectivity index (χ2v) is 7.00. The van der Waals surface area contributed by atoms with E-state index in [1.807, 2.05) is 24.3 Å². The monoisotopic (exact) mass is 517 g/mol. The molecule has 0 saturated carbocycles. The summed E-state index contributed by atoms with van der Waals surface area (Å²) in [4.78, 5) is 18.9. The summed E-state index contributed by atoms with van der Waals surface area (Å²) >= 11 is 0. The Kier molecular flexibility index (Phi) is 15.7. The Morgan fingerprint density at radius 2 is 1.93 bits per heavy atom. The van der Waals surface area contributed by atoms with Crippen LogP contribution in [0.4, 0.5) is 0 Å². The molecule has 3 N–H and O–H groups in total. The van der Waals surface area contributed by atoms with Gasteiger partial charge in [0, 0.05) is 31.7 Å². The predicted molar refractivity (Wildman–Crippen MR) is 135 cm³/mol. The van der Waals surface area contributed by atoms with Gasteiger partial charge in [-0.2, -0.15) is 0 Å². The van der Waals surface area contributed by atoms with E-state index in [9.17, 15) is 4.79 Å². The van der Waals surface area contributed by atoms with Crippen molar-refractivity contribution < 1.29 is 4.79 Å². The van der Waals surface area contributed by atoms with Crippen molar-refractivity contribution in [1.29, 1.82) is 0 Å². The number of hydrogen-bond acceptors (Lipinski definition) is 3. The Hall–Kier alpha value is -1.35. The van der Waals surface area contributed by atoms with E-state index < -0.39 is 0 Å². The minimum atomic E-state index is -0.0566. The number of carbonyl (C=O) groups is 1. The largest absolute Gasteiger partial charge is 0.357 e. The zero-order chi connectivity index (χ0) is 20.8. The fourth-order valence-corrected chi connectivity index (χ4v) is 3.10. The molecule has 1 atom stereocenters. The molecule has 166 valence electrons. The van der Waals surface area contributed by atoms with Gasteiger partial charge in [-0.25, -0.2) is 0 Å². The summed E-state index contributed by atoms with van der Waals surface area (Å²) in [5.41, 5.74) is 1.81. The van der Waals surface area contributed by atoms with Crippen molar-refractivity contribution in [3.63, 3.8) is 0 Å². The minimum absolute atomic E-state index is 0. The second kappa shape index (κ2) is 16.4. The van der Waals surface area contributed by atoms with E-state index in [1.54, 1.807) is 7.05 Å². The lowest BCUT2D eigenvalue weighted by atomic mass is 10.1. The third kappa shape index (κ3) is 11.4.